The Morgan fingerprint density at radius 1 is 0.925 bits per heavy atom. The van der Waals surface area contributed by atoms with Crippen LogP contribution in [-0.2, 0) is 4.79 Å². The lowest BCUT2D eigenvalue weighted by Gasteiger charge is -2.22. The molecule has 0 aromatic carbocycles. The van der Waals surface area contributed by atoms with E-state index in [1.807, 2.05) is 0 Å². The SMILES string of the molecule is CCCCCCCCCCCCCCC[C@@H](O)[C@H](CO)NC(=O)CCCCC[C@H]1CC[C@H]([N+](=O)[O-])c2nonc21. The molecule has 1 aromatic heterocycles. The lowest BCUT2D eigenvalue weighted by molar-refractivity contribution is -0.532. The van der Waals surface area contributed by atoms with Gasteiger partial charge in [0.15, 0.2) is 5.69 Å². The smallest absolute Gasteiger partial charge is 0.260 e. The summed E-state index contributed by atoms with van der Waals surface area (Å²) in [6, 6.07) is -1.46. The molecule has 0 spiro atoms. The summed E-state index contributed by atoms with van der Waals surface area (Å²) in [7, 11) is 0. The summed E-state index contributed by atoms with van der Waals surface area (Å²) in [5.41, 5.74) is 0.960. The van der Waals surface area contributed by atoms with E-state index in [4.69, 9.17) is 4.63 Å². The third kappa shape index (κ3) is 13.1. The minimum absolute atomic E-state index is 0.102. The van der Waals surface area contributed by atoms with Gasteiger partial charge in [-0.3, -0.25) is 14.9 Å². The maximum absolute atomic E-state index is 12.4. The number of rotatable bonds is 24. The molecule has 1 aliphatic carbocycles. The first-order chi connectivity index (χ1) is 19.5. The van der Waals surface area contributed by atoms with E-state index in [0.717, 1.165) is 32.1 Å². The number of carbonyl (C=O) groups excluding carboxylic acids is 1. The highest BCUT2D eigenvalue weighted by atomic mass is 16.6. The Bertz CT molecular complexity index is 820. The van der Waals surface area contributed by atoms with Crippen molar-refractivity contribution in [2.24, 2.45) is 0 Å². The number of nitrogens with one attached hydrogen (secondary N) is 1. The number of hydrogen-bond acceptors (Lipinski definition) is 8. The number of nitrogens with zero attached hydrogens (tertiary/aromatic N) is 3. The molecule has 0 bridgehead atoms. The van der Waals surface area contributed by atoms with Gasteiger partial charge in [0.05, 0.1) is 18.8 Å². The molecule has 230 valence electrons. The quantitative estimate of drug-likeness (QED) is 0.0725. The summed E-state index contributed by atoms with van der Waals surface area (Å²) in [6.07, 6.45) is 21.1. The van der Waals surface area contributed by atoms with Gasteiger partial charge in [0.1, 0.15) is 5.69 Å². The maximum atomic E-state index is 12.4. The molecular weight excluding hydrogens is 512 g/mol. The molecule has 1 heterocycles. The van der Waals surface area contributed by atoms with Gasteiger partial charge in [-0.25, -0.2) is 4.63 Å². The van der Waals surface area contributed by atoms with Crippen LogP contribution < -0.4 is 5.32 Å². The van der Waals surface area contributed by atoms with E-state index in [9.17, 15) is 25.1 Å². The van der Waals surface area contributed by atoms with Crippen LogP contribution in [0.2, 0.25) is 0 Å². The molecule has 3 N–H and O–H groups in total. The summed E-state index contributed by atoms with van der Waals surface area (Å²) in [5.74, 6) is -0.0526. The van der Waals surface area contributed by atoms with Crippen LogP contribution >= 0.6 is 0 Å². The zero-order chi connectivity index (χ0) is 29.0. The molecule has 4 atom stereocenters. The Labute approximate surface area is 240 Å². The first-order valence-electron chi connectivity index (χ1n) is 16.0. The highest BCUT2D eigenvalue weighted by Gasteiger charge is 2.38. The number of carbonyl (C=O) groups is 1. The number of aromatic nitrogens is 2. The number of nitro groups is 1. The van der Waals surface area contributed by atoms with E-state index in [1.165, 1.54) is 70.6 Å². The first-order valence-corrected chi connectivity index (χ1v) is 16.0. The van der Waals surface area contributed by atoms with Crippen LogP contribution in [0.5, 0.6) is 0 Å². The topological polar surface area (TPSA) is 152 Å². The minimum atomic E-state index is -0.833. The molecule has 40 heavy (non-hydrogen) atoms. The fourth-order valence-electron chi connectivity index (χ4n) is 5.80. The molecule has 10 heteroatoms. The summed E-state index contributed by atoms with van der Waals surface area (Å²) >= 11 is 0. The zero-order valence-electron chi connectivity index (χ0n) is 24.7. The average molecular weight is 567 g/mol. The number of aliphatic hydroxyl groups is 2. The van der Waals surface area contributed by atoms with Crippen LogP contribution in [0.4, 0.5) is 0 Å². The molecule has 0 saturated heterocycles. The Kier molecular flexibility index (Phi) is 17.7. The van der Waals surface area contributed by atoms with Gasteiger partial charge in [0.2, 0.25) is 5.91 Å². The van der Waals surface area contributed by atoms with Gasteiger partial charge >= 0.3 is 0 Å². The molecule has 1 aliphatic rings. The molecule has 0 radical (unpaired) electrons. The van der Waals surface area contributed by atoms with Crippen molar-refractivity contribution < 1.29 is 24.6 Å². The minimum Gasteiger partial charge on any atom is -0.394 e. The third-order valence-electron chi connectivity index (χ3n) is 8.35. The van der Waals surface area contributed by atoms with Gasteiger partial charge in [-0.05, 0) is 30.8 Å². The van der Waals surface area contributed by atoms with Crippen molar-refractivity contribution in [1.29, 1.82) is 0 Å². The lowest BCUT2D eigenvalue weighted by atomic mass is 9.84. The van der Waals surface area contributed by atoms with Gasteiger partial charge in [0, 0.05) is 23.7 Å². The Morgan fingerprint density at radius 2 is 1.50 bits per heavy atom. The molecule has 1 amide bonds. The molecule has 10 nitrogen and oxygen atoms in total. The van der Waals surface area contributed by atoms with Crippen molar-refractivity contribution in [3.8, 4) is 0 Å². The van der Waals surface area contributed by atoms with Crippen molar-refractivity contribution in [3.05, 3.63) is 21.5 Å². The average Bonchev–Trinajstić information content (AvgIpc) is 3.44. The Balaban J connectivity index is 1.48. The Morgan fingerprint density at radius 3 is 2.10 bits per heavy atom. The predicted octanol–water partition coefficient (Wildman–Crippen LogP) is 6.53. The molecular formula is C30H54N4O6. The largest absolute Gasteiger partial charge is 0.394 e. The van der Waals surface area contributed by atoms with Crippen molar-refractivity contribution in [2.75, 3.05) is 6.61 Å². The fourth-order valence-corrected chi connectivity index (χ4v) is 5.80. The van der Waals surface area contributed by atoms with Crippen LogP contribution in [0.3, 0.4) is 0 Å². The highest BCUT2D eigenvalue weighted by Crippen LogP contribution is 2.39. The molecule has 2 rings (SSSR count). The van der Waals surface area contributed by atoms with E-state index in [0.29, 0.717) is 43.5 Å². The number of unbranched alkanes of at least 4 members (excludes halogenated alkanes) is 14. The molecule has 1 aromatic rings. The van der Waals surface area contributed by atoms with E-state index < -0.39 is 18.2 Å². The van der Waals surface area contributed by atoms with Crippen LogP contribution in [0.25, 0.3) is 0 Å². The second-order valence-corrected chi connectivity index (χ2v) is 11.7. The number of amides is 1. The molecule has 0 unspecified atom stereocenters. The second-order valence-electron chi connectivity index (χ2n) is 11.7. The third-order valence-corrected chi connectivity index (χ3v) is 8.35. The van der Waals surface area contributed by atoms with Gasteiger partial charge in [-0.15, -0.1) is 0 Å². The fraction of sp³-hybridized carbons (Fsp3) is 0.900. The van der Waals surface area contributed by atoms with E-state index in [-0.39, 0.29) is 23.4 Å². The molecule has 0 aliphatic heterocycles. The molecule has 0 fully saturated rings. The first kappa shape index (κ1) is 34.1. The van der Waals surface area contributed by atoms with Crippen molar-refractivity contribution in [2.45, 2.75) is 166 Å². The van der Waals surface area contributed by atoms with E-state index >= 15 is 0 Å². The summed E-state index contributed by atoms with van der Waals surface area (Å²) in [4.78, 5) is 23.3. The van der Waals surface area contributed by atoms with Crippen LogP contribution in [-0.4, -0.2) is 50.1 Å². The normalized spacial score (nSPS) is 18.3. The number of aliphatic hydroxyl groups excluding tert-OH is 2. The van der Waals surface area contributed by atoms with Crippen LogP contribution in [0.1, 0.15) is 165 Å². The summed E-state index contributed by atoms with van der Waals surface area (Å²) in [5, 5.41) is 41.8. The summed E-state index contributed by atoms with van der Waals surface area (Å²) in [6.45, 7) is 1.98. The lowest BCUT2D eigenvalue weighted by Crippen LogP contribution is -2.45. The monoisotopic (exact) mass is 566 g/mol. The van der Waals surface area contributed by atoms with E-state index in [1.54, 1.807) is 0 Å². The Hall–Kier alpha value is -2.07. The highest BCUT2D eigenvalue weighted by molar-refractivity contribution is 5.76. The zero-order valence-corrected chi connectivity index (χ0v) is 24.7. The van der Waals surface area contributed by atoms with Crippen LogP contribution in [0.15, 0.2) is 4.63 Å². The van der Waals surface area contributed by atoms with Crippen molar-refractivity contribution >= 4 is 5.91 Å². The van der Waals surface area contributed by atoms with Gasteiger partial charge < -0.3 is 15.5 Å². The van der Waals surface area contributed by atoms with Gasteiger partial charge in [0.25, 0.3) is 6.04 Å². The van der Waals surface area contributed by atoms with Crippen LogP contribution in [0, 0.1) is 10.1 Å². The van der Waals surface area contributed by atoms with Crippen molar-refractivity contribution in [1.82, 2.24) is 15.6 Å². The summed E-state index contributed by atoms with van der Waals surface area (Å²) < 4.78 is 4.78. The van der Waals surface area contributed by atoms with E-state index in [2.05, 4.69) is 22.6 Å². The molecule has 0 saturated carbocycles. The van der Waals surface area contributed by atoms with Crippen molar-refractivity contribution in [3.63, 3.8) is 0 Å². The number of hydrogen-bond donors (Lipinski definition) is 3. The predicted molar refractivity (Wildman–Crippen MR) is 154 cm³/mol. The standard InChI is InChI=1S/C30H54N4O6/c1-2-3-4-5-6-7-8-9-10-11-12-13-16-19-27(36)25(23-35)31-28(37)20-17-14-15-18-24-21-22-26(34(38)39)30-29(24)32-40-33-30/h24-27,35-36H,2-23H2,1H3,(H,31,37)/t24-,25-,26-,27+/m0/s1. The number of fused-ring (bicyclic) bond motifs is 1. The van der Waals surface area contributed by atoms with Gasteiger partial charge in [-0.1, -0.05) is 108 Å². The second kappa shape index (κ2) is 20.8. The maximum Gasteiger partial charge on any atom is 0.260 e. The van der Waals surface area contributed by atoms with Gasteiger partial charge in [-0.2, -0.15) is 0 Å².